The number of hydrogen-bond donors (Lipinski definition) is 1. The molecule has 2 aliphatic heterocycles. The van der Waals surface area contributed by atoms with Crippen molar-refractivity contribution in [1.82, 2.24) is 34.5 Å². The summed E-state index contributed by atoms with van der Waals surface area (Å²) in [5.74, 6) is -0.728. The van der Waals surface area contributed by atoms with Gasteiger partial charge in [0.05, 0.1) is 48.3 Å². The number of fused-ring (bicyclic) bond motifs is 2. The monoisotopic (exact) mass is 814 g/mol. The average Bonchev–Trinajstić information content (AvgIpc) is 3.16. The van der Waals surface area contributed by atoms with Crippen LogP contribution >= 0.6 is 0 Å². The molecule has 1 fully saturated rings. The predicted octanol–water partition coefficient (Wildman–Crippen LogP) is 4.58. The van der Waals surface area contributed by atoms with Gasteiger partial charge < -0.3 is 18.9 Å². The Hall–Kier alpha value is -4.83. The average molecular weight is 814 g/mol. The molecule has 2 aliphatic rings. The molecule has 15 heteroatoms. The minimum absolute atomic E-state index is 0.0132. The molecule has 1 saturated heterocycles. The number of hydrogen-bond acceptors (Lipinski definition) is 12. The van der Waals surface area contributed by atoms with Gasteiger partial charge in [0.2, 0.25) is 0 Å². The van der Waals surface area contributed by atoms with Gasteiger partial charge in [0.15, 0.2) is 11.5 Å². The Kier molecular flexibility index (Phi) is 11.0. The summed E-state index contributed by atoms with van der Waals surface area (Å²) < 4.78 is 13.1. The summed E-state index contributed by atoms with van der Waals surface area (Å²) in [5.41, 5.74) is 6.45. The second-order valence-electron chi connectivity index (χ2n) is 14.0. The van der Waals surface area contributed by atoms with Crippen LogP contribution in [0.4, 0.5) is 11.4 Å². The number of carbonyl (C=O) groups excluding carboxylic acids is 1. The molecule has 0 unspecified atom stereocenters. The first-order chi connectivity index (χ1) is 24.8. The Morgan fingerprint density at radius 1 is 0.923 bits per heavy atom. The summed E-state index contributed by atoms with van der Waals surface area (Å²) in [4.78, 5) is 69.9. The van der Waals surface area contributed by atoms with Gasteiger partial charge in [-0.15, -0.1) is 0 Å². The number of rotatable bonds is 6. The van der Waals surface area contributed by atoms with Crippen molar-refractivity contribution in [1.29, 1.82) is 0 Å². The fraction of sp³-hybridized carbons (Fsp3) is 0.378. The second-order valence-corrected chi connectivity index (χ2v) is 28.3. The van der Waals surface area contributed by atoms with Crippen molar-refractivity contribution in [3.05, 3.63) is 87.7 Å². The van der Waals surface area contributed by atoms with Crippen LogP contribution < -0.4 is 14.2 Å². The van der Waals surface area contributed by atoms with E-state index in [-0.39, 0.29) is 16.9 Å². The van der Waals surface area contributed by atoms with Crippen molar-refractivity contribution >= 4 is 56.3 Å². The van der Waals surface area contributed by atoms with Gasteiger partial charge in [0.25, 0.3) is 5.56 Å². The van der Waals surface area contributed by atoms with Crippen molar-refractivity contribution < 1.29 is 24.2 Å². The normalized spacial score (nSPS) is 14.7. The molecule has 7 rings (SSSR count). The summed E-state index contributed by atoms with van der Waals surface area (Å²) in [6.45, 7) is 4.18. The molecule has 52 heavy (non-hydrogen) atoms. The summed E-state index contributed by atoms with van der Waals surface area (Å²) in [7, 11) is 3.15. The number of aromatic nitrogens is 7. The van der Waals surface area contributed by atoms with Crippen molar-refractivity contribution in [3.8, 4) is 11.5 Å². The minimum atomic E-state index is -2.16. The van der Waals surface area contributed by atoms with E-state index >= 15 is 0 Å². The van der Waals surface area contributed by atoms with E-state index < -0.39 is 30.3 Å². The molecule has 0 saturated carbocycles. The van der Waals surface area contributed by atoms with Gasteiger partial charge in [-0.2, -0.15) is 0 Å². The van der Waals surface area contributed by atoms with Crippen LogP contribution in [0.3, 0.4) is 0 Å². The molecule has 6 heterocycles. The zero-order valence-corrected chi connectivity index (χ0v) is 33.1. The van der Waals surface area contributed by atoms with E-state index in [1.807, 2.05) is 26.2 Å². The number of anilines is 2. The van der Waals surface area contributed by atoms with Gasteiger partial charge in [0.1, 0.15) is 5.69 Å². The van der Waals surface area contributed by atoms with Crippen LogP contribution in [0.15, 0.2) is 54.0 Å². The predicted molar refractivity (Wildman–Crippen MR) is 198 cm³/mol. The molecular weight excluding hydrogens is 771 g/mol. The van der Waals surface area contributed by atoms with Gasteiger partial charge in [-0.05, 0) is 62.3 Å². The number of aromatic carboxylic acids is 1. The number of carboxylic acid groups (broad SMARTS) is 1. The molecule has 270 valence electrons. The number of benzene rings is 1. The van der Waals surface area contributed by atoms with Crippen molar-refractivity contribution in [2.24, 2.45) is 7.05 Å². The summed E-state index contributed by atoms with van der Waals surface area (Å²) in [5, 5.41) is 9.63. The van der Waals surface area contributed by atoms with Crippen LogP contribution in [0, 0.1) is 6.92 Å². The number of ether oxygens (including phenoxy) is 2. The van der Waals surface area contributed by atoms with E-state index in [1.165, 1.54) is 31.3 Å². The summed E-state index contributed by atoms with van der Waals surface area (Å²) in [6, 6.07) is 6.46. The first kappa shape index (κ1) is 36.9. The SMILES string of the molecule is COC(=O)c1cnc(-c2ncc3c(n2)CCCN3c2cc(C3CCOCC3)cc3c2cc(C)c(=O)n3C)cn1.[CH3][Sn]([CH3])([CH3])[c]1cnc(C(=O)O)cn1. The number of esters is 1. The van der Waals surface area contributed by atoms with Crippen LogP contribution in [0.1, 0.15) is 63.0 Å². The molecule has 0 radical (unpaired) electrons. The van der Waals surface area contributed by atoms with Crippen LogP contribution in [-0.4, -0.2) is 96.8 Å². The molecule has 1 aromatic carbocycles. The standard InChI is InChI=1S/C29H30N6O4.C5H3N2O2.3CH3.Sn/c1-17-11-20-24(34(2)28(17)36)12-19(18-6-9-39-10-7-18)13-25(20)35-8-4-5-21-26(35)16-32-27(33-21)22-14-31-23(15-30-22)29(37)38-3;8-5(9)4-3-6-1-2-7-4;;;;/h11-16,18H,4-10H2,1-3H3;2-3H,(H,8,9);3*1H3;. The second kappa shape index (κ2) is 15.4. The molecular formula is C37H42N8O6Sn. The fourth-order valence-corrected chi connectivity index (χ4v) is 8.99. The fourth-order valence-electron chi connectivity index (χ4n) is 6.41. The van der Waals surface area contributed by atoms with Gasteiger partial charge in [0, 0.05) is 37.8 Å². The molecule has 0 spiro atoms. The first-order valence-corrected chi connectivity index (χ1v) is 27.2. The Morgan fingerprint density at radius 3 is 2.29 bits per heavy atom. The zero-order valence-electron chi connectivity index (χ0n) is 30.2. The number of nitrogens with zero attached hydrogens (tertiary/aromatic N) is 8. The van der Waals surface area contributed by atoms with Crippen LogP contribution in [0.2, 0.25) is 14.8 Å². The first-order valence-electron chi connectivity index (χ1n) is 17.2. The van der Waals surface area contributed by atoms with E-state index in [1.54, 1.807) is 10.8 Å². The Balaban J connectivity index is 0.000000303. The molecule has 0 bridgehead atoms. The third-order valence-electron chi connectivity index (χ3n) is 9.35. The molecule has 1 N–H and O–H groups in total. The van der Waals surface area contributed by atoms with Crippen LogP contribution in [0.25, 0.3) is 22.4 Å². The third kappa shape index (κ3) is 7.82. The molecule has 14 nitrogen and oxygen atoms in total. The van der Waals surface area contributed by atoms with Crippen molar-refractivity contribution in [3.63, 3.8) is 0 Å². The number of methoxy groups -OCH3 is 1. The van der Waals surface area contributed by atoms with Crippen LogP contribution in [-0.2, 0) is 22.9 Å². The summed E-state index contributed by atoms with van der Waals surface area (Å²) >= 11 is -2.16. The maximum absolute atomic E-state index is 12.9. The Labute approximate surface area is 305 Å². The summed E-state index contributed by atoms with van der Waals surface area (Å²) in [6.07, 6.45) is 11.3. The molecule has 0 atom stereocenters. The van der Waals surface area contributed by atoms with E-state index in [4.69, 9.17) is 19.6 Å². The molecule has 0 amide bonds. The molecule has 0 aliphatic carbocycles. The molecule has 5 aromatic rings. The number of carboxylic acids is 1. The van der Waals surface area contributed by atoms with E-state index in [0.29, 0.717) is 23.0 Å². The topological polar surface area (TPSA) is 175 Å². The van der Waals surface area contributed by atoms with E-state index in [0.717, 1.165) is 77.1 Å². The van der Waals surface area contributed by atoms with Gasteiger partial charge in [-0.3, -0.25) is 4.79 Å². The number of pyridine rings is 1. The van der Waals surface area contributed by atoms with E-state index in [9.17, 15) is 14.4 Å². The quantitative estimate of drug-likeness (QED) is 0.187. The van der Waals surface area contributed by atoms with E-state index in [2.05, 4.69) is 56.8 Å². The Bertz CT molecular complexity index is 2180. The van der Waals surface area contributed by atoms with Crippen molar-refractivity contribution in [2.45, 2.75) is 53.3 Å². The number of carbonyl (C=O) groups is 2. The zero-order chi connectivity index (χ0) is 37.2. The van der Waals surface area contributed by atoms with Gasteiger partial charge in [-0.1, -0.05) is 0 Å². The van der Waals surface area contributed by atoms with Gasteiger partial charge >= 0.3 is 86.8 Å². The molecule has 4 aromatic heterocycles. The third-order valence-corrected chi connectivity index (χ3v) is 14.5. The van der Waals surface area contributed by atoms with Gasteiger partial charge in [-0.25, -0.2) is 24.7 Å². The number of aryl methyl sites for hydroxylation is 3. The van der Waals surface area contributed by atoms with Crippen LogP contribution in [0.5, 0.6) is 0 Å². The maximum atomic E-state index is 12.9. The Morgan fingerprint density at radius 2 is 1.65 bits per heavy atom. The van der Waals surface area contributed by atoms with Crippen molar-refractivity contribution in [2.75, 3.05) is 31.8 Å².